The van der Waals surface area contributed by atoms with Gasteiger partial charge in [0.25, 0.3) is 0 Å². The molecule has 0 spiro atoms. The number of carbonyl (C=O) groups is 1. The third kappa shape index (κ3) is 5.24. The Bertz CT molecular complexity index is 279. The van der Waals surface area contributed by atoms with Crippen molar-refractivity contribution in [3.63, 3.8) is 0 Å². The van der Waals surface area contributed by atoms with Crippen LogP contribution in [0.15, 0.2) is 30.3 Å². The fourth-order valence-electron chi connectivity index (χ4n) is 1.01. The molecule has 14 heavy (non-hydrogen) atoms. The van der Waals surface area contributed by atoms with Crippen LogP contribution in [0.2, 0.25) is 0 Å². The first-order valence-electron chi connectivity index (χ1n) is 3.86. The van der Waals surface area contributed by atoms with Crippen molar-refractivity contribution >= 4 is 39.0 Å². The van der Waals surface area contributed by atoms with E-state index in [-0.39, 0.29) is 21.9 Å². The van der Waals surface area contributed by atoms with Gasteiger partial charge in [-0.3, -0.25) is 0 Å². The van der Waals surface area contributed by atoms with Crippen LogP contribution in [-0.2, 0) is 6.42 Å². The maximum absolute atomic E-state index is 10.3. The van der Waals surface area contributed by atoms with E-state index in [0.29, 0.717) is 6.42 Å². The van der Waals surface area contributed by atoms with Crippen molar-refractivity contribution in [2.24, 2.45) is 0 Å². The second-order valence-electron chi connectivity index (χ2n) is 2.61. The third-order valence-corrected chi connectivity index (χ3v) is 2.09. The summed E-state index contributed by atoms with van der Waals surface area (Å²) in [5, 5.41) is 10.7. The Morgan fingerprint density at radius 1 is 1.43 bits per heavy atom. The van der Waals surface area contributed by atoms with Gasteiger partial charge in [0.1, 0.15) is 0 Å². The zero-order valence-corrected chi connectivity index (χ0v) is 10.6. The minimum absolute atomic E-state index is 0. The summed E-state index contributed by atoms with van der Waals surface area (Å²) in [4.78, 5) is 10.0. The van der Waals surface area contributed by atoms with Gasteiger partial charge in [0.15, 0.2) is 0 Å². The second kappa shape index (κ2) is 6.84. The van der Waals surface area contributed by atoms with Crippen molar-refractivity contribution in [1.29, 1.82) is 0 Å². The Morgan fingerprint density at radius 3 is 2.50 bits per heavy atom. The van der Waals surface area contributed by atoms with Crippen LogP contribution in [0, 0.1) is 0 Å². The molecule has 0 bridgehead atoms. The van der Waals surface area contributed by atoms with Crippen molar-refractivity contribution in [3.8, 4) is 0 Å². The van der Waals surface area contributed by atoms with Gasteiger partial charge in [-0.25, -0.2) is 4.79 Å². The maximum atomic E-state index is 10.3. The van der Waals surface area contributed by atoms with Crippen LogP contribution in [0.25, 0.3) is 0 Å². The van der Waals surface area contributed by atoms with E-state index in [1.54, 1.807) is 0 Å². The average molecular weight is 325 g/mol. The van der Waals surface area contributed by atoms with Gasteiger partial charge < -0.3 is 10.4 Å². The number of alkyl halides is 1. The highest BCUT2D eigenvalue weighted by Crippen LogP contribution is 2.06. The van der Waals surface area contributed by atoms with Crippen LogP contribution in [0.4, 0.5) is 4.79 Å². The SMILES string of the molecule is Br.O=C(O)NC(Br)Cc1ccccc1. The predicted molar refractivity (Wildman–Crippen MR) is 64.3 cm³/mol. The summed E-state index contributed by atoms with van der Waals surface area (Å²) in [6.07, 6.45) is -0.370. The van der Waals surface area contributed by atoms with E-state index >= 15 is 0 Å². The van der Waals surface area contributed by atoms with Gasteiger partial charge in [0, 0.05) is 6.42 Å². The molecule has 0 aromatic heterocycles. The van der Waals surface area contributed by atoms with Crippen LogP contribution >= 0.6 is 32.9 Å². The number of amides is 1. The number of nitrogens with one attached hydrogen (secondary N) is 1. The molecule has 1 rings (SSSR count). The van der Waals surface area contributed by atoms with E-state index in [1.165, 1.54) is 0 Å². The first-order valence-corrected chi connectivity index (χ1v) is 4.77. The Balaban J connectivity index is 0.00000169. The second-order valence-corrected chi connectivity index (χ2v) is 3.71. The monoisotopic (exact) mass is 323 g/mol. The van der Waals surface area contributed by atoms with E-state index in [2.05, 4.69) is 21.2 Å². The predicted octanol–water partition coefficient (Wildman–Crippen LogP) is 2.80. The van der Waals surface area contributed by atoms with Gasteiger partial charge in [-0.1, -0.05) is 46.3 Å². The number of hydrogen-bond acceptors (Lipinski definition) is 1. The molecular weight excluding hydrogens is 314 g/mol. The van der Waals surface area contributed by atoms with Gasteiger partial charge in [-0.05, 0) is 5.56 Å². The Labute approximate surface area is 101 Å². The lowest BCUT2D eigenvalue weighted by Crippen LogP contribution is -2.30. The van der Waals surface area contributed by atoms with Gasteiger partial charge in [-0.15, -0.1) is 17.0 Å². The van der Waals surface area contributed by atoms with Crippen molar-refractivity contribution < 1.29 is 9.90 Å². The number of halogens is 2. The normalized spacial score (nSPS) is 11.2. The Hall–Kier alpha value is -0.550. The van der Waals surface area contributed by atoms with Crippen LogP contribution in [0.3, 0.4) is 0 Å². The summed E-state index contributed by atoms with van der Waals surface area (Å²) >= 11 is 3.22. The van der Waals surface area contributed by atoms with Crippen LogP contribution in [0.1, 0.15) is 5.56 Å². The average Bonchev–Trinajstić information content (AvgIpc) is 2.04. The lowest BCUT2D eigenvalue weighted by atomic mass is 10.1. The van der Waals surface area contributed by atoms with Crippen molar-refractivity contribution in [2.45, 2.75) is 11.4 Å². The summed E-state index contributed by atoms with van der Waals surface area (Å²) in [5.41, 5.74) is 1.10. The molecule has 1 unspecified atom stereocenters. The molecule has 1 atom stereocenters. The Morgan fingerprint density at radius 2 is 2.00 bits per heavy atom. The number of carboxylic acid groups (broad SMARTS) is 1. The van der Waals surface area contributed by atoms with E-state index in [9.17, 15) is 4.79 Å². The largest absolute Gasteiger partial charge is 0.465 e. The summed E-state index contributed by atoms with van der Waals surface area (Å²) in [7, 11) is 0. The molecule has 0 radical (unpaired) electrons. The number of hydrogen-bond donors (Lipinski definition) is 2. The summed E-state index contributed by atoms with van der Waals surface area (Å²) < 4.78 is 0. The molecule has 0 fully saturated rings. The number of benzene rings is 1. The lowest BCUT2D eigenvalue weighted by Gasteiger charge is -2.08. The van der Waals surface area contributed by atoms with Crippen molar-refractivity contribution in [1.82, 2.24) is 5.32 Å². The van der Waals surface area contributed by atoms with Gasteiger partial charge in [0.05, 0.1) is 4.95 Å². The first-order chi connectivity index (χ1) is 6.18. The fraction of sp³-hybridized carbons (Fsp3) is 0.222. The first kappa shape index (κ1) is 13.4. The molecule has 1 aromatic rings. The van der Waals surface area contributed by atoms with Crippen molar-refractivity contribution in [2.75, 3.05) is 0 Å². The molecule has 3 nitrogen and oxygen atoms in total. The molecular formula is C9H11Br2NO2. The molecule has 1 aromatic carbocycles. The molecule has 5 heteroatoms. The highest BCUT2D eigenvalue weighted by Gasteiger charge is 2.06. The topological polar surface area (TPSA) is 49.3 Å². The zero-order valence-electron chi connectivity index (χ0n) is 7.31. The molecule has 0 heterocycles. The molecule has 0 aliphatic heterocycles. The van der Waals surface area contributed by atoms with Crippen LogP contribution in [-0.4, -0.2) is 16.2 Å². The number of rotatable bonds is 3. The molecule has 0 saturated heterocycles. The quantitative estimate of drug-likeness (QED) is 0.663. The van der Waals surface area contributed by atoms with E-state index in [1.807, 2.05) is 30.3 Å². The molecule has 1 amide bonds. The fourth-order valence-corrected chi connectivity index (χ4v) is 1.58. The summed E-state index contributed by atoms with van der Waals surface area (Å²) in [6.45, 7) is 0. The van der Waals surface area contributed by atoms with Crippen LogP contribution < -0.4 is 5.32 Å². The third-order valence-electron chi connectivity index (χ3n) is 1.54. The van der Waals surface area contributed by atoms with E-state index < -0.39 is 6.09 Å². The van der Waals surface area contributed by atoms with Crippen LogP contribution in [0.5, 0.6) is 0 Å². The molecule has 2 N–H and O–H groups in total. The summed E-state index contributed by atoms with van der Waals surface area (Å²) in [5.74, 6) is 0. The van der Waals surface area contributed by atoms with E-state index in [0.717, 1.165) is 5.56 Å². The van der Waals surface area contributed by atoms with Crippen molar-refractivity contribution in [3.05, 3.63) is 35.9 Å². The minimum Gasteiger partial charge on any atom is -0.465 e. The van der Waals surface area contributed by atoms with E-state index in [4.69, 9.17) is 5.11 Å². The zero-order chi connectivity index (χ0) is 9.68. The molecule has 0 aliphatic rings. The standard InChI is InChI=1S/C9H10BrNO2.BrH/c10-8(11-9(12)13)6-7-4-2-1-3-5-7;/h1-5,8,11H,6H2,(H,12,13);1H. The Kier molecular flexibility index (Phi) is 6.57. The van der Waals surface area contributed by atoms with Gasteiger partial charge in [-0.2, -0.15) is 0 Å². The van der Waals surface area contributed by atoms with Gasteiger partial charge in [0.2, 0.25) is 0 Å². The molecule has 0 saturated carbocycles. The maximum Gasteiger partial charge on any atom is 0.405 e. The molecule has 78 valence electrons. The summed E-state index contributed by atoms with van der Waals surface area (Å²) in [6, 6.07) is 9.69. The minimum atomic E-state index is -1.02. The molecule has 0 aliphatic carbocycles. The highest BCUT2D eigenvalue weighted by molar-refractivity contribution is 9.09. The highest BCUT2D eigenvalue weighted by atomic mass is 79.9. The smallest absolute Gasteiger partial charge is 0.405 e. The van der Waals surface area contributed by atoms with Gasteiger partial charge >= 0.3 is 6.09 Å². The lowest BCUT2D eigenvalue weighted by molar-refractivity contribution is 0.193.